The fourth-order valence-electron chi connectivity index (χ4n) is 3.43. The molecule has 0 aromatic heterocycles. The molecule has 0 unspecified atom stereocenters. The molecule has 1 fully saturated rings. The molecule has 1 aliphatic rings. The minimum atomic E-state index is -4.42. The summed E-state index contributed by atoms with van der Waals surface area (Å²) in [7, 11) is 0. The van der Waals surface area contributed by atoms with E-state index in [4.69, 9.17) is 9.47 Å². The van der Waals surface area contributed by atoms with Gasteiger partial charge in [-0.3, -0.25) is 9.59 Å². The van der Waals surface area contributed by atoms with Gasteiger partial charge in [0.15, 0.2) is 6.61 Å². The van der Waals surface area contributed by atoms with Crippen LogP contribution in [0.25, 0.3) is 0 Å². The van der Waals surface area contributed by atoms with E-state index >= 15 is 0 Å². The van der Waals surface area contributed by atoms with Crippen molar-refractivity contribution in [1.82, 2.24) is 10.2 Å². The van der Waals surface area contributed by atoms with Gasteiger partial charge in [0.05, 0.1) is 12.2 Å². The summed E-state index contributed by atoms with van der Waals surface area (Å²) in [6.07, 6.45) is -3.21. The molecule has 2 aromatic carbocycles. The number of hydrogen-bond acceptors (Lipinski definition) is 4. The van der Waals surface area contributed by atoms with Gasteiger partial charge in [0, 0.05) is 24.7 Å². The lowest BCUT2D eigenvalue weighted by atomic mass is 10.0. The Morgan fingerprint density at radius 3 is 2.09 bits per heavy atom. The maximum absolute atomic E-state index is 12.7. The Morgan fingerprint density at radius 2 is 1.53 bits per heavy atom. The number of likely N-dealkylation sites (tertiary alicyclic amines) is 1. The molecule has 1 saturated heterocycles. The summed E-state index contributed by atoms with van der Waals surface area (Å²) in [5.74, 6) is 0.470. The molecule has 2 aromatic rings. The van der Waals surface area contributed by atoms with Crippen molar-refractivity contribution in [2.75, 3.05) is 26.3 Å². The van der Waals surface area contributed by atoms with E-state index in [1.807, 2.05) is 6.92 Å². The maximum Gasteiger partial charge on any atom is 0.416 e. The number of amides is 2. The third kappa shape index (κ3) is 6.38. The van der Waals surface area contributed by atoms with Gasteiger partial charge in [-0.1, -0.05) is 0 Å². The molecule has 0 radical (unpaired) electrons. The largest absolute Gasteiger partial charge is 0.494 e. The number of carbonyl (C=O) groups is 2. The Hall–Kier alpha value is -3.23. The van der Waals surface area contributed by atoms with Crippen LogP contribution in [0.2, 0.25) is 0 Å². The first-order valence-corrected chi connectivity index (χ1v) is 10.4. The molecule has 1 N–H and O–H groups in total. The predicted molar refractivity (Wildman–Crippen MR) is 112 cm³/mol. The van der Waals surface area contributed by atoms with Crippen molar-refractivity contribution in [2.24, 2.45) is 0 Å². The van der Waals surface area contributed by atoms with Crippen molar-refractivity contribution in [3.05, 3.63) is 59.7 Å². The van der Waals surface area contributed by atoms with Gasteiger partial charge < -0.3 is 19.7 Å². The lowest BCUT2D eigenvalue weighted by Crippen LogP contribution is -2.47. The van der Waals surface area contributed by atoms with Crippen LogP contribution in [-0.4, -0.2) is 49.1 Å². The van der Waals surface area contributed by atoms with Crippen molar-refractivity contribution in [3.63, 3.8) is 0 Å². The lowest BCUT2D eigenvalue weighted by Gasteiger charge is -2.32. The number of ether oxygens (including phenoxy) is 2. The molecule has 9 heteroatoms. The van der Waals surface area contributed by atoms with Crippen LogP contribution < -0.4 is 14.8 Å². The van der Waals surface area contributed by atoms with Crippen LogP contribution in [0, 0.1) is 0 Å². The van der Waals surface area contributed by atoms with Crippen LogP contribution in [0.5, 0.6) is 11.5 Å². The quantitative estimate of drug-likeness (QED) is 0.695. The SMILES string of the molecule is CCOc1ccc(C(=O)N2CCC(NC(=O)COc3ccc(C(F)(F)F)cc3)CC2)cc1. The molecule has 1 aliphatic heterocycles. The second-order valence-electron chi connectivity index (χ2n) is 7.40. The highest BCUT2D eigenvalue weighted by atomic mass is 19.4. The zero-order chi connectivity index (χ0) is 23.1. The number of carbonyl (C=O) groups excluding carboxylic acids is 2. The average molecular weight is 450 g/mol. The molecular weight excluding hydrogens is 425 g/mol. The van der Waals surface area contributed by atoms with E-state index in [1.165, 1.54) is 12.1 Å². The van der Waals surface area contributed by atoms with Gasteiger partial charge in [0.2, 0.25) is 0 Å². The first-order chi connectivity index (χ1) is 15.3. The zero-order valence-corrected chi connectivity index (χ0v) is 17.7. The Labute approximate surface area is 184 Å². The average Bonchev–Trinajstić information content (AvgIpc) is 2.78. The molecule has 0 bridgehead atoms. The second-order valence-corrected chi connectivity index (χ2v) is 7.40. The Balaban J connectivity index is 1.41. The van der Waals surface area contributed by atoms with Crippen LogP contribution in [0.4, 0.5) is 13.2 Å². The van der Waals surface area contributed by atoms with Crippen LogP contribution >= 0.6 is 0 Å². The number of piperidine rings is 1. The standard InChI is InChI=1S/C23H25F3N2O4/c1-2-31-19-7-3-16(4-8-19)22(30)28-13-11-18(12-14-28)27-21(29)15-32-20-9-5-17(6-10-20)23(24,25)26/h3-10,18H,2,11-15H2,1H3,(H,27,29). The van der Waals surface area contributed by atoms with Gasteiger partial charge in [-0.15, -0.1) is 0 Å². The normalized spacial score (nSPS) is 14.7. The summed E-state index contributed by atoms with van der Waals surface area (Å²) >= 11 is 0. The number of benzene rings is 2. The van der Waals surface area contributed by atoms with E-state index in [-0.39, 0.29) is 30.2 Å². The number of alkyl halides is 3. The highest BCUT2D eigenvalue weighted by Gasteiger charge is 2.30. The smallest absolute Gasteiger partial charge is 0.416 e. The summed E-state index contributed by atoms with van der Waals surface area (Å²) in [6, 6.07) is 11.1. The fourth-order valence-corrected chi connectivity index (χ4v) is 3.43. The monoisotopic (exact) mass is 450 g/mol. The molecule has 2 amide bonds. The van der Waals surface area contributed by atoms with Gasteiger partial charge in [-0.25, -0.2) is 0 Å². The lowest BCUT2D eigenvalue weighted by molar-refractivity contribution is -0.137. The van der Waals surface area contributed by atoms with Gasteiger partial charge in [-0.05, 0) is 68.3 Å². The highest BCUT2D eigenvalue weighted by Crippen LogP contribution is 2.30. The first-order valence-electron chi connectivity index (χ1n) is 10.4. The topological polar surface area (TPSA) is 67.9 Å². The molecule has 0 saturated carbocycles. The summed E-state index contributed by atoms with van der Waals surface area (Å²) in [5, 5.41) is 2.85. The minimum absolute atomic E-state index is 0.0662. The van der Waals surface area contributed by atoms with Gasteiger partial charge >= 0.3 is 6.18 Å². The van der Waals surface area contributed by atoms with Crippen LogP contribution in [0.15, 0.2) is 48.5 Å². The van der Waals surface area contributed by atoms with E-state index < -0.39 is 11.7 Å². The molecule has 1 heterocycles. The molecule has 172 valence electrons. The van der Waals surface area contributed by atoms with Crippen molar-refractivity contribution in [3.8, 4) is 11.5 Å². The van der Waals surface area contributed by atoms with E-state index in [9.17, 15) is 22.8 Å². The first kappa shape index (κ1) is 23.4. The number of nitrogens with one attached hydrogen (secondary N) is 1. The van der Waals surface area contributed by atoms with Crippen molar-refractivity contribution < 1.29 is 32.2 Å². The number of rotatable bonds is 7. The van der Waals surface area contributed by atoms with E-state index in [0.717, 1.165) is 12.1 Å². The molecule has 6 nitrogen and oxygen atoms in total. The molecular formula is C23H25F3N2O4. The molecule has 3 rings (SSSR count). The molecule has 0 spiro atoms. The van der Waals surface area contributed by atoms with Crippen LogP contribution in [0.3, 0.4) is 0 Å². The third-order valence-corrected chi connectivity index (χ3v) is 5.11. The van der Waals surface area contributed by atoms with Crippen molar-refractivity contribution in [2.45, 2.75) is 32.0 Å². The number of hydrogen-bond donors (Lipinski definition) is 1. The Bertz CT molecular complexity index is 906. The minimum Gasteiger partial charge on any atom is -0.494 e. The molecule has 0 atom stereocenters. The van der Waals surface area contributed by atoms with Gasteiger partial charge in [-0.2, -0.15) is 13.2 Å². The Morgan fingerprint density at radius 1 is 0.969 bits per heavy atom. The fraction of sp³-hybridized carbons (Fsp3) is 0.391. The maximum atomic E-state index is 12.7. The van der Waals surface area contributed by atoms with Crippen molar-refractivity contribution >= 4 is 11.8 Å². The Kier molecular flexibility index (Phi) is 7.61. The molecule has 32 heavy (non-hydrogen) atoms. The van der Waals surface area contributed by atoms with Crippen molar-refractivity contribution in [1.29, 1.82) is 0 Å². The van der Waals surface area contributed by atoms with Crippen LogP contribution in [-0.2, 0) is 11.0 Å². The summed E-state index contributed by atoms with van der Waals surface area (Å²) in [5.41, 5.74) is -0.193. The van der Waals surface area contributed by atoms with E-state index in [2.05, 4.69) is 5.32 Å². The van der Waals surface area contributed by atoms with E-state index in [1.54, 1.807) is 29.2 Å². The van der Waals surface area contributed by atoms with Gasteiger partial charge in [0.1, 0.15) is 11.5 Å². The highest BCUT2D eigenvalue weighted by molar-refractivity contribution is 5.94. The van der Waals surface area contributed by atoms with Gasteiger partial charge in [0.25, 0.3) is 11.8 Å². The zero-order valence-electron chi connectivity index (χ0n) is 17.7. The number of nitrogens with zero attached hydrogens (tertiary/aromatic N) is 1. The predicted octanol–water partition coefficient (Wildman–Crippen LogP) is 3.90. The molecule has 0 aliphatic carbocycles. The van der Waals surface area contributed by atoms with Crippen LogP contribution in [0.1, 0.15) is 35.7 Å². The number of halogens is 3. The summed E-state index contributed by atoms with van der Waals surface area (Å²) in [6.45, 7) is 3.18. The summed E-state index contributed by atoms with van der Waals surface area (Å²) < 4.78 is 48.4. The third-order valence-electron chi connectivity index (χ3n) is 5.11. The second kappa shape index (κ2) is 10.4. The summed E-state index contributed by atoms with van der Waals surface area (Å²) in [4.78, 5) is 26.5. The van der Waals surface area contributed by atoms with E-state index in [0.29, 0.717) is 43.9 Å².